The maximum absolute atomic E-state index is 11.1. The highest BCUT2D eigenvalue weighted by Gasteiger charge is 2.11. The molecule has 0 amide bonds. The van der Waals surface area contributed by atoms with Gasteiger partial charge in [0.05, 0.1) is 13.0 Å². The molecule has 0 aliphatic carbocycles. The zero-order valence-electron chi connectivity index (χ0n) is 9.40. The van der Waals surface area contributed by atoms with Gasteiger partial charge in [-0.1, -0.05) is 13.8 Å². The summed E-state index contributed by atoms with van der Waals surface area (Å²) < 4.78 is 14.4. The number of rotatable bonds is 6. The first kappa shape index (κ1) is 13.5. The van der Waals surface area contributed by atoms with E-state index in [0.29, 0.717) is 12.2 Å². The number of ether oxygens (including phenoxy) is 3. The monoisotopic (exact) mass is 216 g/mol. The Kier molecular flexibility index (Phi) is 6.17. The fourth-order valence-corrected chi connectivity index (χ4v) is 0.746. The van der Waals surface area contributed by atoms with Crippen LogP contribution in [0, 0.1) is 5.92 Å². The van der Waals surface area contributed by atoms with Crippen LogP contribution in [0.4, 0.5) is 0 Å². The van der Waals surface area contributed by atoms with Crippen LogP contribution in [-0.4, -0.2) is 26.2 Å². The summed E-state index contributed by atoms with van der Waals surface area (Å²) >= 11 is 0. The van der Waals surface area contributed by atoms with Gasteiger partial charge in [-0.25, -0.2) is 0 Å². The van der Waals surface area contributed by atoms with Crippen molar-refractivity contribution in [1.29, 1.82) is 0 Å². The highest BCUT2D eigenvalue weighted by molar-refractivity contribution is 5.71. The Morgan fingerprint density at radius 2 is 2.00 bits per heavy atom. The Morgan fingerprint density at radius 1 is 1.40 bits per heavy atom. The molecule has 15 heavy (non-hydrogen) atoms. The molecule has 0 aliphatic heterocycles. The van der Waals surface area contributed by atoms with Gasteiger partial charge in [-0.2, -0.15) is 0 Å². The van der Waals surface area contributed by atoms with Crippen molar-refractivity contribution in [2.75, 3.05) is 13.7 Å². The van der Waals surface area contributed by atoms with Crippen molar-refractivity contribution in [3.63, 3.8) is 0 Å². The van der Waals surface area contributed by atoms with E-state index in [4.69, 9.17) is 9.47 Å². The van der Waals surface area contributed by atoms with E-state index in [9.17, 15) is 9.59 Å². The van der Waals surface area contributed by atoms with E-state index in [1.165, 1.54) is 7.11 Å². The summed E-state index contributed by atoms with van der Waals surface area (Å²) in [5.41, 5.74) is 0. The first-order chi connectivity index (χ1) is 7.02. The smallest absolute Gasteiger partial charge is 0.308 e. The lowest BCUT2D eigenvalue weighted by molar-refractivity contribution is -0.147. The van der Waals surface area contributed by atoms with Crippen LogP contribution in [0.25, 0.3) is 0 Å². The van der Waals surface area contributed by atoms with Crippen LogP contribution in [0.1, 0.15) is 20.8 Å². The van der Waals surface area contributed by atoms with Gasteiger partial charge < -0.3 is 14.2 Å². The van der Waals surface area contributed by atoms with Gasteiger partial charge in [0.1, 0.15) is 5.76 Å². The van der Waals surface area contributed by atoms with E-state index in [1.54, 1.807) is 20.8 Å². The summed E-state index contributed by atoms with van der Waals surface area (Å²) in [7, 11) is 1.41. The second-order valence-electron chi connectivity index (χ2n) is 3.16. The molecular formula is C10H16O5. The van der Waals surface area contributed by atoms with Crippen molar-refractivity contribution in [1.82, 2.24) is 0 Å². The summed E-state index contributed by atoms with van der Waals surface area (Å²) in [5, 5.41) is 0. The molecule has 0 heterocycles. The maximum atomic E-state index is 11.1. The fourth-order valence-electron chi connectivity index (χ4n) is 0.746. The van der Waals surface area contributed by atoms with E-state index < -0.39 is 0 Å². The fraction of sp³-hybridized carbons (Fsp3) is 0.600. The largest absolute Gasteiger partial charge is 0.494 e. The zero-order valence-corrected chi connectivity index (χ0v) is 9.40. The van der Waals surface area contributed by atoms with Crippen LogP contribution in [0.2, 0.25) is 0 Å². The van der Waals surface area contributed by atoms with Crippen molar-refractivity contribution < 1.29 is 23.8 Å². The molecule has 0 aromatic rings. The van der Waals surface area contributed by atoms with Crippen LogP contribution in [0.15, 0.2) is 11.5 Å². The number of hydrogen-bond donors (Lipinski definition) is 0. The van der Waals surface area contributed by atoms with Gasteiger partial charge in [-0.3, -0.25) is 9.59 Å². The summed E-state index contributed by atoms with van der Waals surface area (Å²) in [5.74, 6) is 0.0685. The number of carbonyl (C=O) groups excluding carboxylic acids is 2. The van der Waals surface area contributed by atoms with Crippen LogP contribution in [0.5, 0.6) is 0 Å². The number of carbonyl (C=O) groups is 2. The quantitative estimate of drug-likeness (QED) is 0.379. The number of hydrogen-bond acceptors (Lipinski definition) is 5. The third-order valence-electron chi connectivity index (χ3n) is 1.68. The zero-order chi connectivity index (χ0) is 11.8. The van der Waals surface area contributed by atoms with E-state index >= 15 is 0 Å². The molecule has 0 unspecified atom stereocenters. The van der Waals surface area contributed by atoms with E-state index in [1.807, 2.05) is 0 Å². The van der Waals surface area contributed by atoms with E-state index in [0.717, 1.165) is 0 Å². The summed E-state index contributed by atoms with van der Waals surface area (Å²) in [4.78, 5) is 21.2. The van der Waals surface area contributed by atoms with Gasteiger partial charge in [0.2, 0.25) is 0 Å². The first-order valence-electron chi connectivity index (χ1n) is 4.53. The van der Waals surface area contributed by atoms with Crippen LogP contribution >= 0.6 is 0 Å². The van der Waals surface area contributed by atoms with Gasteiger partial charge in [0.15, 0.2) is 12.4 Å². The summed E-state index contributed by atoms with van der Waals surface area (Å²) in [6.45, 7) is 5.27. The minimum atomic E-state index is -0.330. The molecule has 5 heteroatoms. The van der Waals surface area contributed by atoms with Crippen LogP contribution < -0.4 is 0 Å². The average Bonchev–Trinajstić information content (AvgIpc) is 2.18. The Bertz CT molecular complexity index is 255. The van der Waals surface area contributed by atoms with Gasteiger partial charge in [-0.05, 0) is 6.92 Å². The predicted octanol–water partition coefficient (Wildman–Crippen LogP) is 1.24. The van der Waals surface area contributed by atoms with Gasteiger partial charge in [0, 0.05) is 0 Å². The minimum absolute atomic E-state index is 0.0345. The second kappa shape index (κ2) is 6.86. The predicted molar refractivity (Wildman–Crippen MR) is 52.7 cm³/mol. The second-order valence-corrected chi connectivity index (χ2v) is 3.16. The van der Waals surface area contributed by atoms with E-state index in [-0.39, 0.29) is 24.3 Å². The molecule has 0 radical (unpaired) electrons. The van der Waals surface area contributed by atoms with Gasteiger partial charge in [-0.15, -0.1) is 0 Å². The highest BCUT2D eigenvalue weighted by atomic mass is 16.6. The van der Waals surface area contributed by atoms with Crippen molar-refractivity contribution >= 4 is 12.4 Å². The molecule has 0 spiro atoms. The molecule has 0 aromatic heterocycles. The molecule has 0 aliphatic rings. The minimum Gasteiger partial charge on any atom is -0.494 e. The van der Waals surface area contributed by atoms with Crippen LogP contribution in [-0.2, 0) is 23.8 Å². The third-order valence-corrected chi connectivity index (χ3v) is 1.68. The van der Waals surface area contributed by atoms with Crippen molar-refractivity contribution in [2.45, 2.75) is 20.8 Å². The molecule has 0 bridgehead atoms. The van der Waals surface area contributed by atoms with Crippen molar-refractivity contribution in [3.8, 4) is 0 Å². The Hall–Kier alpha value is -1.52. The Balaban J connectivity index is 4.28. The summed E-state index contributed by atoms with van der Waals surface area (Å²) in [6, 6.07) is 0. The van der Waals surface area contributed by atoms with Crippen LogP contribution in [0.3, 0.4) is 0 Å². The van der Waals surface area contributed by atoms with Gasteiger partial charge in [0.25, 0.3) is 6.47 Å². The molecule has 0 saturated carbocycles. The Morgan fingerprint density at radius 3 is 2.40 bits per heavy atom. The number of methoxy groups -OCH3 is 1. The molecule has 0 fully saturated rings. The maximum Gasteiger partial charge on any atom is 0.308 e. The molecule has 0 aromatic carbocycles. The molecule has 0 rings (SSSR count). The average molecular weight is 216 g/mol. The normalized spacial score (nSPS) is 11.8. The third kappa shape index (κ3) is 5.05. The SMILES string of the molecule is CO/C(COC(=O)C(C)C)=C(/C)OC=O. The summed E-state index contributed by atoms with van der Waals surface area (Å²) in [6.07, 6.45) is 0. The molecule has 0 atom stereocenters. The van der Waals surface area contributed by atoms with Gasteiger partial charge >= 0.3 is 5.97 Å². The lowest BCUT2D eigenvalue weighted by atomic mass is 10.2. The number of esters is 1. The molecular weight excluding hydrogens is 200 g/mol. The van der Waals surface area contributed by atoms with E-state index in [2.05, 4.69) is 4.74 Å². The Labute approximate surface area is 89.0 Å². The number of allylic oxidation sites excluding steroid dienone is 1. The lowest BCUT2D eigenvalue weighted by Crippen LogP contribution is -2.15. The highest BCUT2D eigenvalue weighted by Crippen LogP contribution is 2.07. The lowest BCUT2D eigenvalue weighted by Gasteiger charge is -2.11. The molecule has 5 nitrogen and oxygen atoms in total. The topological polar surface area (TPSA) is 61.8 Å². The molecule has 0 N–H and O–H groups in total. The first-order valence-corrected chi connectivity index (χ1v) is 4.53. The molecule has 0 saturated heterocycles. The molecule has 86 valence electrons. The van der Waals surface area contributed by atoms with Crippen molar-refractivity contribution in [3.05, 3.63) is 11.5 Å². The standard InChI is InChI=1S/C10H16O5/c1-7(2)10(12)14-5-9(13-4)8(3)15-6-11/h6-7H,5H2,1-4H3/b9-8-. The van der Waals surface area contributed by atoms with Crippen molar-refractivity contribution in [2.24, 2.45) is 5.92 Å².